The molecule has 126 valence electrons. The number of primary amides is 1. The highest BCUT2D eigenvalue weighted by molar-refractivity contribution is 5.98. The lowest BCUT2D eigenvalue weighted by Crippen LogP contribution is -2.44. The number of fused-ring (bicyclic) bond motifs is 1. The number of amides is 3. The normalized spacial score (nSPS) is 20.3. The van der Waals surface area contributed by atoms with Crippen molar-refractivity contribution in [3.63, 3.8) is 0 Å². The summed E-state index contributed by atoms with van der Waals surface area (Å²) in [6.07, 6.45) is 0. The lowest BCUT2D eigenvalue weighted by molar-refractivity contribution is -0.128. The van der Waals surface area contributed by atoms with E-state index in [1.807, 2.05) is 13.0 Å². The number of hydrogen-bond donors (Lipinski definition) is 2. The Morgan fingerprint density at radius 1 is 1.25 bits per heavy atom. The van der Waals surface area contributed by atoms with Gasteiger partial charge in [-0.25, -0.2) is 0 Å². The highest BCUT2D eigenvalue weighted by atomic mass is 16.3. The van der Waals surface area contributed by atoms with Gasteiger partial charge in [-0.3, -0.25) is 14.4 Å². The second kappa shape index (κ2) is 5.99. The maximum Gasteiger partial charge on any atom is 0.251 e. The molecule has 7 heteroatoms. The van der Waals surface area contributed by atoms with Crippen molar-refractivity contribution in [1.29, 1.82) is 0 Å². The number of aryl methyl sites for hydroxylation is 1. The van der Waals surface area contributed by atoms with Crippen LogP contribution in [0.3, 0.4) is 0 Å². The summed E-state index contributed by atoms with van der Waals surface area (Å²) in [7, 11) is 0. The Morgan fingerprint density at radius 3 is 2.67 bits per heavy atom. The van der Waals surface area contributed by atoms with Gasteiger partial charge in [0.2, 0.25) is 11.8 Å². The van der Waals surface area contributed by atoms with Crippen LogP contribution in [0.2, 0.25) is 0 Å². The fourth-order valence-electron chi connectivity index (χ4n) is 3.06. The first-order chi connectivity index (χ1) is 11.3. The van der Waals surface area contributed by atoms with Gasteiger partial charge in [0.1, 0.15) is 11.3 Å². The van der Waals surface area contributed by atoms with Crippen LogP contribution in [-0.4, -0.2) is 41.8 Å². The van der Waals surface area contributed by atoms with Crippen LogP contribution in [-0.2, 0) is 9.59 Å². The van der Waals surface area contributed by atoms with Crippen molar-refractivity contribution >= 4 is 28.7 Å². The van der Waals surface area contributed by atoms with E-state index in [0.717, 1.165) is 11.1 Å². The number of rotatable bonds is 3. The number of carbonyl (C=O) groups excluding carboxylic acids is 3. The van der Waals surface area contributed by atoms with Gasteiger partial charge in [0, 0.05) is 31.0 Å². The van der Waals surface area contributed by atoms with Gasteiger partial charge >= 0.3 is 0 Å². The molecule has 1 fully saturated rings. The van der Waals surface area contributed by atoms with E-state index in [2.05, 4.69) is 5.32 Å². The van der Waals surface area contributed by atoms with Gasteiger partial charge in [-0.2, -0.15) is 0 Å². The third-order valence-corrected chi connectivity index (χ3v) is 4.35. The predicted octanol–water partition coefficient (Wildman–Crippen LogP) is 0.803. The van der Waals surface area contributed by atoms with Gasteiger partial charge in [-0.15, -0.1) is 0 Å². The van der Waals surface area contributed by atoms with E-state index >= 15 is 0 Å². The van der Waals surface area contributed by atoms with E-state index in [0.29, 0.717) is 11.1 Å². The van der Waals surface area contributed by atoms with Gasteiger partial charge < -0.3 is 20.4 Å². The Morgan fingerprint density at radius 2 is 2.00 bits per heavy atom. The zero-order valence-electron chi connectivity index (χ0n) is 13.5. The number of benzene rings is 1. The van der Waals surface area contributed by atoms with Crippen molar-refractivity contribution in [3.05, 3.63) is 35.6 Å². The number of likely N-dealkylation sites (tertiary alicyclic amines) is 1. The molecule has 0 radical (unpaired) electrons. The summed E-state index contributed by atoms with van der Waals surface area (Å²) in [5.41, 5.74) is 6.58. The molecule has 3 N–H and O–H groups in total. The second-order valence-corrected chi connectivity index (χ2v) is 6.12. The minimum atomic E-state index is -0.585. The van der Waals surface area contributed by atoms with Gasteiger partial charge in [-0.05, 0) is 31.2 Å². The molecule has 0 unspecified atom stereocenters. The summed E-state index contributed by atoms with van der Waals surface area (Å²) in [4.78, 5) is 37.1. The molecule has 1 aliphatic heterocycles. The minimum absolute atomic E-state index is 0.145. The number of carbonyl (C=O) groups is 3. The van der Waals surface area contributed by atoms with Gasteiger partial charge in [0.15, 0.2) is 0 Å². The Hall–Kier alpha value is -2.83. The molecule has 7 nitrogen and oxygen atoms in total. The summed E-state index contributed by atoms with van der Waals surface area (Å²) < 4.78 is 5.49. The maximum atomic E-state index is 12.5. The quantitative estimate of drug-likeness (QED) is 0.869. The molecule has 2 atom stereocenters. The van der Waals surface area contributed by atoms with Crippen molar-refractivity contribution in [2.75, 3.05) is 13.1 Å². The molecule has 0 spiro atoms. The summed E-state index contributed by atoms with van der Waals surface area (Å²) in [6.45, 7) is 3.78. The van der Waals surface area contributed by atoms with E-state index in [-0.39, 0.29) is 24.9 Å². The fourth-order valence-corrected chi connectivity index (χ4v) is 3.06. The van der Waals surface area contributed by atoms with Crippen molar-refractivity contribution in [2.45, 2.75) is 19.9 Å². The van der Waals surface area contributed by atoms with Crippen LogP contribution in [0.5, 0.6) is 0 Å². The van der Waals surface area contributed by atoms with Crippen LogP contribution >= 0.6 is 0 Å². The average Bonchev–Trinajstić information content (AvgIpc) is 3.08. The molecule has 1 aliphatic rings. The Bertz CT molecular complexity index is 826. The molecular formula is C17H19N3O4. The van der Waals surface area contributed by atoms with E-state index in [9.17, 15) is 14.4 Å². The third kappa shape index (κ3) is 2.97. The van der Waals surface area contributed by atoms with E-state index < -0.39 is 17.9 Å². The zero-order chi connectivity index (χ0) is 17.4. The fraction of sp³-hybridized carbons (Fsp3) is 0.353. The molecule has 1 saturated heterocycles. The topological polar surface area (TPSA) is 106 Å². The number of nitrogens with zero attached hydrogens (tertiary/aromatic N) is 1. The monoisotopic (exact) mass is 329 g/mol. The second-order valence-electron chi connectivity index (χ2n) is 6.12. The summed E-state index contributed by atoms with van der Waals surface area (Å²) in [5.74, 6) is -0.794. The predicted molar refractivity (Wildman–Crippen MR) is 87.1 cm³/mol. The number of furan rings is 1. The summed E-state index contributed by atoms with van der Waals surface area (Å²) in [6, 6.07) is 6.50. The first kappa shape index (κ1) is 16.0. The van der Waals surface area contributed by atoms with Crippen LogP contribution in [0.15, 0.2) is 28.7 Å². The standard InChI is InChI=1S/C17H19N3O4/c1-9-5-12-6-11(3-4-15(12)24-9)17(23)19-14-8-20(10(2)21)7-13(14)16(18)22/h3-6,13-14H,7-8H2,1-2H3,(H2,18,22)(H,19,23)/t13-,14+/m1/s1. The Balaban J connectivity index is 1.78. The van der Waals surface area contributed by atoms with Gasteiger partial charge in [0.25, 0.3) is 5.91 Å². The summed E-state index contributed by atoms with van der Waals surface area (Å²) >= 11 is 0. The lowest BCUT2D eigenvalue weighted by atomic mass is 10.0. The molecule has 0 aliphatic carbocycles. The highest BCUT2D eigenvalue weighted by Gasteiger charge is 2.38. The lowest BCUT2D eigenvalue weighted by Gasteiger charge is -2.17. The van der Waals surface area contributed by atoms with Gasteiger partial charge in [-0.1, -0.05) is 0 Å². The van der Waals surface area contributed by atoms with Crippen LogP contribution in [0.4, 0.5) is 0 Å². The Kier molecular flexibility index (Phi) is 4.01. The molecule has 1 aromatic carbocycles. The van der Waals surface area contributed by atoms with Crippen LogP contribution in [0.1, 0.15) is 23.0 Å². The molecule has 2 heterocycles. The largest absolute Gasteiger partial charge is 0.461 e. The number of hydrogen-bond acceptors (Lipinski definition) is 4. The first-order valence-corrected chi connectivity index (χ1v) is 7.71. The zero-order valence-corrected chi connectivity index (χ0v) is 13.5. The van der Waals surface area contributed by atoms with Crippen LogP contribution in [0.25, 0.3) is 11.0 Å². The molecule has 0 saturated carbocycles. The Labute approximate surface area is 138 Å². The average molecular weight is 329 g/mol. The highest BCUT2D eigenvalue weighted by Crippen LogP contribution is 2.21. The van der Waals surface area contributed by atoms with Crippen molar-refractivity contribution in [1.82, 2.24) is 10.2 Å². The van der Waals surface area contributed by atoms with Crippen molar-refractivity contribution < 1.29 is 18.8 Å². The maximum absolute atomic E-state index is 12.5. The van der Waals surface area contributed by atoms with E-state index in [1.54, 1.807) is 18.2 Å². The molecule has 1 aromatic heterocycles. The van der Waals surface area contributed by atoms with Crippen LogP contribution < -0.4 is 11.1 Å². The van der Waals surface area contributed by atoms with Crippen LogP contribution in [0, 0.1) is 12.8 Å². The SMILES string of the molecule is CC(=O)N1C[C@H](NC(=O)c2ccc3oc(C)cc3c2)[C@H](C(N)=O)C1. The molecule has 24 heavy (non-hydrogen) atoms. The molecule has 0 bridgehead atoms. The number of nitrogens with one attached hydrogen (secondary N) is 1. The molecule has 3 amide bonds. The van der Waals surface area contributed by atoms with E-state index in [1.165, 1.54) is 11.8 Å². The number of nitrogens with two attached hydrogens (primary N) is 1. The first-order valence-electron chi connectivity index (χ1n) is 7.71. The van der Waals surface area contributed by atoms with Gasteiger partial charge in [0.05, 0.1) is 12.0 Å². The van der Waals surface area contributed by atoms with E-state index in [4.69, 9.17) is 10.2 Å². The molecule has 3 rings (SSSR count). The van der Waals surface area contributed by atoms with Crippen molar-refractivity contribution in [2.24, 2.45) is 11.7 Å². The van der Waals surface area contributed by atoms with Crippen molar-refractivity contribution in [3.8, 4) is 0 Å². The molecule has 2 aromatic rings. The molecular weight excluding hydrogens is 310 g/mol. The third-order valence-electron chi connectivity index (χ3n) is 4.35. The smallest absolute Gasteiger partial charge is 0.251 e. The summed E-state index contributed by atoms with van der Waals surface area (Å²) in [5, 5.41) is 3.66. The minimum Gasteiger partial charge on any atom is -0.461 e.